The van der Waals surface area contributed by atoms with E-state index in [1.54, 1.807) is 17.9 Å². The molecule has 0 aliphatic heterocycles. The maximum absolute atomic E-state index is 8.97. The minimum Gasteiger partial charge on any atom is -0.390 e. The van der Waals surface area contributed by atoms with E-state index in [-0.39, 0.29) is 6.61 Å². The third kappa shape index (κ3) is 1.17. The van der Waals surface area contributed by atoms with Gasteiger partial charge < -0.3 is 5.11 Å². The zero-order valence-corrected chi connectivity index (χ0v) is 7.52. The van der Waals surface area contributed by atoms with Gasteiger partial charge in [-0.15, -0.1) is 0 Å². The highest BCUT2D eigenvalue weighted by Crippen LogP contribution is 2.10. The lowest BCUT2D eigenvalue weighted by Gasteiger charge is -2.00. The molecule has 2 aromatic heterocycles. The fraction of sp³-hybridized carbons (Fsp3) is 0.375. The normalized spacial score (nSPS) is 11.0. The molecule has 0 aliphatic carbocycles. The molecule has 0 spiro atoms. The van der Waals surface area contributed by atoms with Gasteiger partial charge in [0.25, 0.3) is 0 Å². The molecule has 13 heavy (non-hydrogen) atoms. The van der Waals surface area contributed by atoms with Gasteiger partial charge in [-0.3, -0.25) is 0 Å². The minimum atomic E-state index is -0.0834. The van der Waals surface area contributed by atoms with Crippen LogP contribution in [0.3, 0.4) is 0 Å². The number of fused-ring (bicyclic) bond motifs is 1. The molecule has 5 heteroatoms. The van der Waals surface area contributed by atoms with Gasteiger partial charge in [0.05, 0.1) is 24.2 Å². The van der Waals surface area contributed by atoms with Crippen LogP contribution in [0.15, 0.2) is 6.20 Å². The van der Waals surface area contributed by atoms with Gasteiger partial charge in [0.1, 0.15) is 5.52 Å². The van der Waals surface area contributed by atoms with Crippen LogP contribution in [-0.4, -0.2) is 24.9 Å². The molecule has 0 aromatic carbocycles. The molecule has 2 aromatic rings. The maximum Gasteiger partial charge on any atom is 0.176 e. The van der Waals surface area contributed by atoms with Crippen LogP contribution in [-0.2, 0) is 13.7 Å². The largest absolute Gasteiger partial charge is 0.390 e. The van der Waals surface area contributed by atoms with Gasteiger partial charge in [0, 0.05) is 7.05 Å². The Labute approximate surface area is 75.0 Å². The Morgan fingerprint density at radius 3 is 2.92 bits per heavy atom. The van der Waals surface area contributed by atoms with Gasteiger partial charge in [-0.25, -0.2) is 14.6 Å². The standard InChI is InChI=1S/C8H10N4O/c1-5-7(4-13)11-8-6(10-5)3-9-12(8)2/h3,13H,4H2,1-2H3. The first kappa shape index (κ1) is 8.12. The predicted octanol–water partition coefficient (Wildman–Crippen LogP) is 0.164. The van der Waals surface area contributed by atoms with Crippen LogP contribution in [0.25, 0.3) is 11.2 Å². The summed E-state index contributed by atoms with van der Waals surface area (Å²) in [6, 6.07) is 0. The summed E-state index contributed by atoms with van der Waals surface area (Å²) in [5.74, 6) is 0. The third-order valence-electron chi connectivity index (χ3n) is 1.99. The summed E-state index contributed by atoms with van der Waals surface area (Å²) in [4.78, 5) is 8.50. The molecule has 0 saturated heterocycles. The molecule has 0 aliphatic rings. The highest BCUT2D eigenvalue weighted by molar-refractivity contribution is 5.69. The second-order valence-electron chi connectivity index (χ2n) is 2.89. The molecule has 0 amide bonds. The quantitative estimate of drug-likeness (QED) is 0.675. The van der Waals surface area contributed by atoms with Crippen molar-refractivity contribution in [1.82, 2.24) is 19.7 Å². The number of aromatic nitrogens is 4. The lowest BCUT2D eigenvalue weighted by Crippen LogP contribution is -2.00. The molecule has 0 atom stereocenters. The number of nitrogens with zero attached hydrogens (tertiary/aromatic N) is 4. The Bertz CT molecular complexity index is 449. The van der Waals surface area contributed by atoms with E-state index in [9.17, 15) is 0 Å². The average Bonchev–Trinajstić information content (AvgIpc) is 2.46. The van der Waals surface area contributed by atoms with Crippen molar-refractivity contribution in [1.29, 1.82) is 0 Å². The van der Waals surface area contributed by atoms with Crippen molar-refractivity contribution in [2.75, 3.05) is 0 Å². The molecule has 0 radical (unpaired) electrons. The number of aryl methyl sites for hydroxylation is 2. The molecule has 0 saturated carbocycles. The van der Waals surface area contributed by atoms with Crippen LogP contribution in [0.5, 0.6) is 0 Å². The van der Waals surface area contributed by atoms with Crippen molar-refractivity contribution < 1.29 is 5.11 Å². The van der Waals surface area contributed by atoms with Gasteiger partial charge in [-0.2, -0.15) is 5.10 Å². The van der Waals surface area contributed by atoms with Crippen LogP contribution in [0, 0.1) is 6.92 Å². The molecule has 2 heterocycles. The van der Waals surface area contributed by atoms with E-state index in [2.05, 4.69) is 15.1 Å². The molecule has 0 unspecified atom stereocenters. The molecular formula is C8H10N4O. The lowest BCUT2D eigenvalue weighted by molar-refractivity contribution is 0.275. The first-order chi connectivity index (χ1) is 6.22. The van der Waals surface area contributed by atoms with Crippen molar-refractivity contribution in [2.45, 2.75) is 13.5 Å². The van der Waals surface area contributed by atoms with Crippen LogP contribution in [0.4, 0.5) is 0 Å². The molecule has 0 bridgehead atoms. The van der Waals surface area contributed by atoms with E-state index in [1.165, 1.54) is 0 Å². The number of aliphatic hydroxyl groups excluding tert-OH is 1. The van der Waals surface area contributed by atoms with Crippen molar-refractivity contribution in [3.63, 3.8) is 0 Å². The SMILES string of the molecule is Cc1nc2cnn(C)c2nc1CO. The van der Waals surface area contributed by atoms with Crippen LogP contribution in [0.2, 0.25) is 0 Å². The number of hydrogen-bond acceptors (Lipinski definition) is 4. The van der Waals surface area contributed by atoms with Gasteiger partial charge in [-0.05, 0) is 6.92 Å². The molecule has 1 N–H and O–H groups in total. The summed E-state index contributed by atoms with van der Waals surface area (Å²) in [7, 11) is 1.80. The molecule has 68 valence electrons. The fourth-order valence-corrected chi connectivity index (χ4v) is 1.23. The summed E-state index contributed by atoms with van der Waals surface area (Å²) in [5, 5.41) is 13.0. The van der Waals surface area contributed by atoms with Gasteiger partial charge in [0.15, 0.2) is 5.65 Å². The summed E-state index contributed by atoms with van der Waals surface area (Å²) in [5.41, 5.74) is 2.82. The molecule has 2 rings (SSSR count). The van der Waals surface area contributed by atoms with Crippen LogP contribution >= 0.6 is 0 Å². The topological polar surface area (TPSA) is 63.8 Å². The summed E-state index contributed by atoms with van der Waals surface area (Å²) >= 11 is 0. The van der Waals surface area contributed by atoms with E-state index in [0.29, 0.717) is 11.3 Å². The maximum atomic E-state index is 8.97. The van der Waals surface area contributed by atoms with Gasteiger partial charge in [-0.1, -0.05) is 0 Å². The van der Waals surface area contributed by atoms with Crippen molar-refractivity contribution in [3.8, 4) is 0 Å². The van der Waals surface area contributed by atoms with Crippen molar-refractivity contribution in [3.05, 3.63) is 17.6 Å². The van der Waals surface area contributed by atoms with Crippen molar-refractivity contribution >= 4 is 11.2 Å². The Morgan fingerprint density at radius 2 is 2.23 bits per heavy atom. The second kappa shape index (κ2) is 2.77. The number of rotatable bonds is 1. The monoisotopic (exact) mass is 178 g/mol. The van der Waals surface area contributed by atoms with Crippen molar-refractivity contribution in [2.24, 2.45) is 7.05 Å². The Hall–Kier alpha value is -1.49. The number of aliphatic hydroxyl groups is 1. The fourth-order valence-electron chi connectivity index (χ4n) is 1.23. The van der Waals surface area contributed by atoms with Crippen LogP contribution < -0.4 is 0 Å². The predicted molar refractivity (Wildman–Crippen MR) is 47.0 cm³/mol. The zero-order chi connectivity index (χ0) is 9.42. The van der Waals surface area contributed by atoms with Crippen LogP contribution in [0.1, 0.15) is 11.4 Å². The Balaban J connectivity index is 2.77. The zero-order valence-electron chi connectivity index (χ0n) is 7.52. The first-order valence-electron chi connectivity index (χ1n) is 3.98. The Morgan fingerprint density at radius 1 is 1.46 bits per heavy atom. The van der Waals surface area contributed by atoms with E-state index in [4.69, 9.17) is 5.11 Å². The van der Waals surface area contributed by atoms with E-state index < -0.39 is 0 Å². The minimum absolute atomic E-state index is 0.0834. The second-order valence-corrected chi connectivity index (χ2v) is 2.89. The number of hydrogen-bond donors (Lipinski definition) is 1. The summed E-state index contributed by atoms with van der Waals surface area (Å²) < 4.78 is 1.64. The average molecular weight is 178 g/mol. The molecule has 0 fully saturated rings. The molecule has 5 nitrogen and oxygen atoms in total. The third-order valence-corrected chi connectivity index (χ3v) is 1.99. The van der Waals surface area contributed by atoms with Gasteiger partial charge >= 0.3 is 0 Å². The van der Waals surface area contributed by atoms with E-state index in [0.717, 1.165) is 11.2 Å². The highest BCUT2D eigenvalue weighted by Gasteiger charge is 2.06. The summed E-state index contributed by atoms with van der Waals surface area (Å²) in [6.07, 6.45) is 1.66. The van der Waals surface area contributed by atoms with E-state index >= 15 is 0 Å². The summed E-state index contributed by atoms with van der Waals surface area (Å²) in [6.45, 7) is 1.74. The molecular weight excluding hydrogens is 168 g/mol. The van der Waals surface area contributed by atoms with E-state index in [1.807, 2.05) is 6.92 Å². The smallest absolute Gasteiger partial charge is 0.176 e. The highest BCUT2D eigenvalue weighted by atomic mass is 16.3. The lowest BCUT2D eigenvalue weighted by atomic mass is 10.3. The van der Waals surface area contributed by atoms with Gasteiger partial charge in [0.2, 0.25) is 0 Å². The Kier molecular flexibility index (Phi) is 1.73. The first-order valence-corrected chi connectivity index (χ1v) is 3.98.